The van der Waals surface area contributed by atoms with Crippen LogP contribution in [0.2, 0.25) is 5.02 Å². The Kier molecular flexibility index (Phi) is 5.42. The molecule has 124 valence electrons. The van der Waals surface area contributed by atoms with E-state index in [0.717, 1.165) is 0 Å². The van der Waals surface area contributed by atoms with Gasteiger partial charge < -0.3 is 9.64 Å². The van der Waals surface area contributed by atoms with E-state index in [0.29, 0.717) is 16.1 Å². The third kappa shape index (κ3) is 4.97. The van der Waals surface area contributed by atoms with Gasteiger partial charge in [-0.1, -0.05) is 23.4 Å². The van der Waals surface area contributed by atoms with E-state index in [9.17, 15) is 4.79 Å². The second kappa shape index (κ2) is 7.33. The fourth-order valence-electron chi connectivity index (χ4n) is 1.57. The Labute approximate surface area is 146 Å². The van der Waals surface area contributed by atoms with E-state index in [2.05, 4.69) is 21.8 Å². The van der Waals surface area contributed by atoms with Crippen molar-refractivity contribution < 1.29 is 9.53 Å². The fraction of sp³-hybridized carbons (Fsp3) is 0.278. The van der Waals surface area contributed by atoms with Crippen molar-refractivity contribution in [1.82, 2.24) is 14.9 Å². The van der Waals surface area contributed by atoms with Gasteiger partial charge in [0.25, 0.3) is 0 Å². The fourth-order valence-corrected chi connectivity index (χ4v) is 1.74. The van der Waals surface area contributed by atoms with E-state index in [1.54, 1.807) is 43.8 Å². The van der Waals surface area contributed by atoms with Crippen molar-refractivity contribution in [2.24, 2.45) is 0 Å². The summed E-state index contributed by atoms with van der Waals surface area (Å²) in [6, 6.07) is 5.07. The first kappa shape index (κ1) is 17.8. The van der Waals surface area contributed by atoms with Crippen molar-refractivity contribution in [3.63, 3.8) is 0 Å². The van der Waals surface area contributed by atoms with E-state index in [1.807, 2.05) is 20.8 Å². The zero-order chi connectivity index (χ0) is 17.7. The lowest BCUT2D eigenvalue weighted by Crippen LogP contribution is -2.44. The van der Waals surface area contributed by atoms with Gasteiger partial charge in [-0.25, -0.2) is 9.78 Å². The predicted molar refractivity (Wildman–Crippen MR) is 93.0 cm³/mol. The molecule has 0 saturated heterocycles. The molecule has 2 aromatic rings. The smallest absolute Gasteiger partial charge is 0.391 e. The first-order valence-electron chi connectivity index (χ1n) is 7.30. The molecule has 24 heavy (non-hydrogen) atoms. The largest absolute Gasteiger partial charge is 0.416 e. The van der Waals surface area contributed by atoms with Gasteiger partial charge in [-0.15, -0.1) is 0 Å². The Morgan fingerprint density at radius 1 is 1.17 bits per heavy atom. The highest BCUT2D eigenvalue weighted by atomic mass is 35.5. The van der Waals surface area contributed by atoms with Crippen molar-refractivity contribution in [2.45, 2.75) is 26.3 Å². The number of amides is 1. The van der Waals surface area contributed by atoms with Crippen LogP contribution in [0.4, 0.5) is 4.79 Å². The van der Waals surface area contributed by atoms with Gasteiger partial charge in [0.2, 0.25) is 5.88 Å². The Bertz CT molecular complexity index is 786. The van der Waals surface area contributed by atoms with Crippen LogP contribution in [0.25, 0.3) is 0 Å². The van der Waals surface area contributed by atoms with Gasteiger partial charge in [0, 0.05) is 48.4 Å². The lowest BCUT2D eigenvalue weighted by atomic mass is 10.1. The van der Waals surface area contributed by atoms with E-state index in [4.69, 9.17) is 16.3 Å². The van der Waals surface area contributed by atoms with Crippen molar-refractivity contribution in [1.29, 1.82) is 0 Å². The predicted octanol–water partition coefficient (Wildman–Crippen LogP) is 3.76. The molecule has 0 fully saturated rings. The lowest BCUT2D eigenvalue weighted by Gasteiger charge is -2.30. The van der Waals surface area contributed by atoms with Crippen LogP contribution in [0.15, 0.2) is 36.8 Å². The molecule has 0 saturated carbocycles. The average Bonchev–Trinajstić information content (AvgIpc) is 2.52. The number of pyridine rings is 2. The van der Waals surface area contributed by atoms with Gasteiger partial charge in [-0.05, 0) is 32.9 Å². The lowest BCUT2D eigenvalue weighted by molar-refractivity contribution is 0.123. The van der Waals surface area contributed by atoms with E-state index < -0.39 is 6.09 Å². The van der Waals surface area contributed by atoms with Crippen LogP contribution in [0.1, 0.15) is 31.9 Å². The van der Waals surface area contributed by atoms with Crippen molar-refractivity contribution >= 4 is 17.7 Å². The van der Waals surface area contributed by atoms with Gasteiger partial charge in [-0.3, -0.25) is 4.98 Å². The molecule has 1 amide bonds. The van der Waals surface area contributed by atoms with Gasteiger partial charge in [0.1, 0.15) is 0 Å². The summed E-state index contributed by atoms with van der Waals surface area (Å²) in [5.41, 5.74) is 1.08. The highest BCUT2D eigenvalue weighted by Crippen LogP contribution is 2.14. The molecule has 2 heterocycles. The maximum Gasteiger partial charge on any atom is 0.416 e. The van der Waals surface area contributed by atoms with Gasteiger partial charge in [0.05, 0.1) is 5.02 Å². The summed E-state index contributed by atoms with van der Waals surface area (Å²) in [6.07, 6.45) is 4.26. The number of nitrogens with zero attached hydrogens (tertiary/aromatic N) is 3. The summed E-state index contributed by atoms with van der Waals surface area (Å²) in [5.74, 6) is 6.13. The molecule has 6 heteroatoms. The monoisotopic (exact) mass is 343 g/mol. The minimum atomic E-state index is -0.459. The Balaban J connectivity index is 2.05. The molecule has 0 radical (unpaired) electrons. The number of hydrogen-bond donors (Lipinski definition) is 0. The molecule has 0 aliphatic rings. The zero-order valence-corrected chi connectivity index (χ0v) is 14.8. The third-order valence-electron chi connectivity index (χ3n) is 3.26. The van der Waals surface area contributed by atoms with Crippen LogP contribution >= 0.6 is 11.6 Å². The van der Waals surface area contributed by atoms with Crippen LogP contribution in [0, 0.1) is 11.8 Å². The van der Waals surface area contributed by atoms with Crippen LogP contribution in [0.5, 0.6) is 5.88 Å². The SMILES string of the molecule is CN(C(=O)Oc1ccc(C#Cc2cncc(Cl)c2)cn1)C(C)(C)C. The zero-order valence-electron chi connectivity index (χ0n) is 14.0. The Hall–Kier alpha value is -2.58. The second-order valence-electron chi connectivity index (χ2n) is 6.12. The van der Waals surface area contributed by atoms with Gasteiger partial charge in [-0.2, -0.15) is 0 Å². The van der Waals surface area contributed by atoms with Crippen LogP contribution in [-0.2, 0) is 0 Å². The van der Waals surface area contributed by atoms with Gasteiger partial charge in [0.15, 0.2) is 0 Å². The maximum atomic E-state index is 12.0. The highest BCUT2D eigenvalue weighted by Gasteiger charge is 2.24. The summed E-state index contributed by atoms with van der Waals surface area (Å²) in [5, 5.41) is 0.533. The molecular weight excluding hydrogens is 326 g/mol. The molecule has 2 aromatic heterocycles. The van der Waals surface area contributed by atoms with Gasteiger partial charge >= 0.3 is 6.09 Å². The number of carbonyl (C=O) groups excluding carboxylic acids is 1. The maximum absolute atomic E-state index is 12.0. The highest BCUT2D eigenvalue weighted by molar-refractivity contribution is 6.30. The normalized spacial score (nSPS) is 10.5. The summed E-state index contributed by atoms with van der Waals surface area (Å²) in [4.78, 5) is 21.6. The standard InChI is InChI=1S/C18H18ClN3O2/c1-18(2,3)22(4)17(23)24-16-8-7-13(11-21-16)5-6-14-9-15(19)12-20-10-14/h7-12H,1-4H3. The van der Waals surface area contributed by atoms with E-state index in [1.165, 1.54) is 4.90 Å². The van der Waals surface area contributed by atoms with Crippen LogP contribution in [0.3, 0.4) is 0 Å². The molecule has 0 N–H and O–H groups in total. The number of ether oxygens (including phenoxy) is 1. The van der Waals surface area contributed by atoms with Crippen LogP contribution < -0.4 is 4.74 Å². The molecule has 5 nitrogen and oxygen atoms in total. The van der Waals surface area contributed by atoms with Crippen molar-refractivity contribution in [2.75, 3.05) is 7.05 Å². The van der Waals surface area contributed by atoms with E-state index in [-0.39, 0.29) is 11.4 Å². The molecule has 2 rings (SSSR count). The molecule has 0 unspecified atom stereocenters. The van der Waals surface area contributed by atoms with E-state index >= 15 is 0 Å². The van der Waals surface area contributed by atoms with Crippen molar-refractivity contribution in [3.8, 4) is 17.7 Å². The first-order chi connectivity index (χ1) is 11.3. The first-order valence-corrected chi connectivity index (χ1v) is 7.68. The summed E-state index contributed by atoms with van der Waals surface area (Å²) in [7, 11) is 1.68. The molecule has 0 aliphatic carbocycles. The summed E-state index contributed by atoms with van der Waals surface area (Å²) >= 11 is 5.86. The number of rotatable bonds is 1. The Morgan fingerprint density at radius 3 is 2.46 bits per heavy atom. The number of hydrogen-bond acceptors (Lipinski definition) is 4. The topological polar surface area (TPSA) is 55.3 Å². The minimum absolute atomic E-state index is 0.228. The van der Waals surface area contributed by atoms with Crippen molar-refractivity contribution in [3.05, 3.63) is 52.9 Å². The molecule has 0 aliphatic heterocycles. The molecule has 0 bridgehead atoms. The molecule has 0 aromatic carbocycles. The second-order valence-corrected chi connectivity index (χ2v) is 6.56. The summed E-state index contributed by atoms with van der Waals surface area (Å²) in [6.45, 7) is 5.77. The Morgan fingerprint density at radius 2 is 1.88 bits per heavy atom. The van der Waals surface area contributed by atoms with Crippen LogP contribution in [-0.4, -0.2) is 33.5 Å². The molecular formula is C18H18ClN3O2. The summed E-state index contributed by atoms with van der Waals surface area (Å²) < 4.78 is 5.24. The quantitative estimate of drug-likeness (QED) is 0.740. The number of aromatic nitrogens is 2. The molecule has 0 spiro atoms. The number of carbonyl (C=O) groups is 1. The minimum Gasteiger partial charge on any atom is -0.391 e. The third-order valence-corrected chi connectivity index (χ3v) is 3.47. The molecule has 0 atom stereocenters. The number of halogens is 1. The average molecular weight is 344 g/mol.